The molecule has 1 amide bonds. The lowest BCUT2D eigenvalue weighted by Crippen LogP contribution is -2.56. The molecule has 0 saturated carbocycles. The average molecular weight is 474 g/mol. The first-order valence-electron chi connectivity index (χ1n) is 11.8. The van der Waals surface area contributed by atoms with Crippen LogP contribution in [0.1, 0.15) is 33.6 Å². The molecule has 0 bridgehead atoms. The summed E-state index contributed by atoms with van der Waals surface area (Å²) >= 11 is 0. The number of pyridine rings is 1. The van der Waals surface area contributed by atoms with Crippen LogP contribution in [0.3, 0.4) is 0 Å². The second kappa shape index (κ2) is 9.46. The molecule has 1 atom stereocenters. The molecule has 34 heavy (non-hydrogen) atoms. The van der Waals surface area contributed by atoms with Crippen LogP contribution in [-0.2, 0) is 4.74 Å². The van der Waals surface area contributed by atoms with Gasteiger partial charge in [-0.2, -0.15) is 0 Å². The molecule has 0 spiro atoms. The van der Waals surface area contributed by atoms with Crippen LogP contribution in [0.5, 0.6) is 11.5 Å². The molecule has 1 unspecified atom stereocenters. The first-order chi connectivity index (χ1) is 16.1. The van der Waals surface area contributed by atoms with Gasteiger partial charge in [-0.3, -0.25) is 4.98 Å². The van der Waals surface area contributed by atoms with Crippen molar-refractivity contribution < 1.29 is 29.2 Å². The number of aliphatic hydroxyl groups excluding tert-OH is 1. The average Bonchev–Trinajstić information content (AvgIpc) is 2.82. The molecular weight excluding hydrogens is 438 g/mol. The van der Waals surface area contributed by atoms with Crippen LogP contribution in [-0.4, -0.2) is 83.9 Å². The van der Waals surface area contributed by atoms with Gasteiger partial charge >= 0.3 is 6.09 Å². The fourth-order valence-electron chi connectivity index (χ4n) is 4.80. The zero-order chi connectivity index (χ0) is 24.5. The number of rotatable bonds is 5. The highest BCUT2D eigenvalue weighted by molar-refractivity contribution is 5.96. The number of fused-ring (bicyclic) bond motifs is 3. The number of aliphatic hydroxyl groups is 2. The Bertz CT molecular complexity index is 1030. The predicted molar refractivity (Wildman–Crippen MR) is 129 cm³/mol. The molecule has 1 fully saturated rings. The number of hydrogen-bond acceptors (Lipinski definition) is 8. The zero-order valence-electron chi connectivity index (χ0n) is 20.4. The summed E-state index contributed by atoms with van der Waals surface area (Å²) in [5, 5.41) is 22.8. The third-order valence-electron chi connectivity index (χ3n) is 6.59. The Hall–Kier alpha value is -2.78. The summed E-state index contributed by atoms with van der Waals surface area (Å²) in [6, 6.07) is 5.67. The van der Waals surface area contributed by atoms with Gasteiger partial charge in [-0.1, -0.05) is 0 Å². The van der Waals surface area contributed by atoms with Gasteiger partial charge in [0.15, 0.2) is 5.75 Å². The Morgan fingerprint density at radius 1 is 1.24 bits per heavy atom. The molecule has 2 aliphatic heterocycles. The maximum absolute atomic E-state index is 12.4. The normalized spacial score (nSPS) is 18.8. The number of likely N-dealkylation sites (tertiary alicyclic amines) is 1. The van der Waals surface area contributed by atoms with E-state index in [0.717, 1.165) is 16.6 Å². The largest absolute Gasteiger partial charge is 0.497 e. The number of hydrogen-bond donors (Lipinski definition) is 2. The van der Waals surface area contributed by atoms with E-state index in [2.05, 4.69) is 9.88 Å². The maximum atomic E-state index is 12.4. The predicted octanol–water partition coefficient (Wildman–Crippen LogP) is 2.81. The van der Waals surface area contributed by atoms with Gasteiger partial charge in [0, 0.05) is 25.0 Å². The molecule has 3 heterocycles. The van der Waals surface area contributed by atoms with Gasteiger partial charge in [-0.05, 0) is 57.7 Å². The van der Waals surface area contributed by atoms with Crippen molar-refractivity contribution in [2.24, 2.45) is 5.92 Å². The number of anilines is 1. The highest BCUT2D eigenvalue weighted by Crippen LogP contribution is 2.40. The Labute approximate surface area is 200 Å². The lowest BCUT2D eigenvalue weighted by molar-refractivity contribution is -0.0745. The monoisotopic (exact) mass is 473 g/mol. The maximum Gasteiger partial charge on any atom is 0.410 e. The number of β-amino-alcohol motifs (C(OH)–C–C–N with tert-alkyl or cyclic N) is 1. The minimum atomic E-state index is -1.33. The van der Waals surface area contributed by atoms with E-state index in [1.54, 1.807) is 18.2 Å². The van der Waals surface area contributed by atoms with Crippen LogP contribution in [0.2, 0.25) is 0 Å². The van der Waals surface area contributed by atoms with Crippen molar-refractivity contribution in [3.8, 4) is 11.5 Å². The van der Waals surface area contributed by atoms with Gasteiger partial charge in [0.2, 0.25) is 0 Å². The van der Waals surface area contributed by atoms with E-state index in [9.17, 15) is 15.0 Å². The minimum Gasteiger partial charge on any atom is -0.497 e. The SMILES string of the molecule is COc1ccc2ncc3c(c2c1)N(CC(O)(CO)C1CCN(C(=O)OC(C)(C)C)CC1)CCO3. The van der Waals surface area contributed by atoms with E-state index in [0.29, 0.717) is 50.6 Å². The van der Waals surface area contributed by atoms with Gasteiger partial charge in [-0.25, -0.2) is 4.79 Å². The van der Waals surface area contributed by atoms with Crippen molar-refractivity contribution in [3.63, 3.8) is 0 Å². The van der Waals surface area contributed by atoms with E-state index >= 15 is 0 Å². The number of nitrogens with zero attached hydrogens (tertiary/aromatic N) is 3. The first kappa shape index (κ1) is 24.3. The smallest absolute Gasteiger partial charge is 0.410 e. The van der Waals surface area contributed by atoms with Gasteiger partial charge in [-0.15, -0.1) is 0 Å². The third-order valence-corrected chi connectivity index (χ3v) is 6.59. The Kier molecular flexibility index (Phi) is 6.78. The quantitative estimate of drug-likeness (QED) is 0.683. The second-order valence-electron chi connectivity index (χ2n) is 10.1. The zero-order valence-corrected chi connectivity index (χ0v) is 20.4. The van der Waals surface area contributed by atoms with Gasteiger partial charge in [0.25, 0.3) is 0 Å². The fraction of sp³-hybridized carbons (Fsp3) is 0.600. The number of ether oxygens (including phenoxy) is 3. The van der Waals surface area contributed by atoms with Gasteiger partial charge < -0.3 is 34.2 Å². The lowest BCUT2D eigenvalue weighted by Gasteiger charge is -2.44. The summed E-state index contributed by atoms with van der Waals surface area (Å²) in [7, 11) is 1.62. The molecule has 2 N–H and O–H groups in total. The van der Waals surface area contributed by atoms with Crippen LogP contribution in [0.4, 0.5) is 10.5 Å². The summed E-state index contributed by atoms with van der Waals surface area (Å²) < 4.78 is 16.7. The Balaban J connectivity index is 1.53. The van der Waals surface area contributed by atoms with Crippen molar-refractivity contribution in [1.82, 2.24) is 9.88 Å². The summed E-state index contributed by atoms with van der Waals surface area (Å²) in [5.74, 6) is 1.19. The number of carbonyl (C=O) groups excluding carboxylic acids is 1. The van der Waals surface area contributed by atoms with E-state index in [1.807, 2.05) is 39.0 Å². The van der Waals surface area contributed by atoms with E-state index in [1.165, 1.54) is 0 Å². The van der Waals surface area contributed by atoms with Crippen molar-refractivity contribution in [3.05, 3.63) is 24.4 Å². The van der Waals surface area contributed by atoms with Crippen LogP contribution in [0.25, 0.3) is 10.9 Å². The summed E-state index contributed by atoms with van der Waals surface area (Å²) in [6.45, 7) is 7.39. The van der Waals surface area contributed by atoms with Crippen LogP contribution >= 0.6 is 0 Å². The molecule has 186 valence electrons. The molecule has 9 heteroatoms. The van der Waals surface area contributed by atoms with Crippen LogP contribution < -0.4 is 14.4 Å². The molecular formula is C25H35N3O6. The number of benzene rings is 1. The number of aromatic nitrogens is 1. The van der Waals surface area contributed by atoms with Crippen LogP contribution in [0, 0.1) is 5.92 Å². The highest BCUT2D eigenvalue weighted by Gasteiger charge is 2.42. The number of carbonyl (C=O) groups is 1. The topological polar surface area (TPSA) is 105 Å². The first-order valence-corrected chi connectivity index (χ1v) is 11.8. The molecule has 2 aliphatic rings. The number of methoxy groups -OCH3 is 1. The minimum absolute atomic E-state index is 0.162. The standard InChI is InChI=1S/C25H35N3O6/c1-24(2,3)34-23(30)27-9-7-17(8-10-27)25(31,16-29)15-28-11-12-33-21-14-26-20-6-5-18(32-4)13-19(20)22(21)28/h5-6,13-14,17,29,31H,7-12,15-16H2,1-4H3. The van der Waals surface area contributed by atoms with Crippen molar-refractivity contribution >= 4 is 22.7 Å². The van der Waals surface area contributed by atoms with Crippen molar-refractivity contribution in [2.75, 3.05) is 51.4 Å². The summed E-state index contributed by atoms with van der Waals surface area (Å²) in [4.78, 5) is 20.7. The third kappa shape index (κ3) is 5.00. The molecule has 1 saturated heterocycles. The Morgan fingerprint density at radius 2 is 1.97 bits per heavy atom. The lowest BCUT2D eigenvalue weighted by atomic mass is 9.80. The molecule has 0 aliphatic carbocycles. The van der Waals surface area contributed by atoms with Gasteiger partial charge in [0.05, 0.1) is 37.7 Å². The highest BCUT2D eigenvalue weighted by atomic mass is 16.6. The molecule has 2 aromatic rings. The molecule has 9 nitrogen and oxygen atoms in total. The number of piperidine rings is 1. The van der Waals surface area contributed by atoms with E-state index in [4.69, 9.17) is 14.2 Å². The molecule has 4 rings (SSSR count). The molecule has 1 aromatic heterocycles. The fourth-order valence-corrected chi connectivity index (χ4v) is 4.80. The van der Waals surface area contributed by atoms with Crippen molar-refractivity contribution in [2.45, 2.75) is 44.8 Å². The second-order valence-corrected chi connectivity index (χ2v) is 10.1. The van der Waals surface area contributed by atoms with E-state index in [-0.39, 0.29) is 25.2 Å². The Morgan fingerprint density at radius 3 is 2.62 bits per heavy atom. The summed E-state index contributed by atoms with van der Waals surface area (Å²) in [6.07, 6.45) is 2.53. The number of amides is 1. The summed E-state index contributed by atoms with van der Waals surface area (Å²) in [5.41, 5.74) is -0.242. The van der Waals surface area contributed by atoms with E-state index < -0.39 is 11.2 Å². The van der Waals surface area contributed by atoms with Gasteiger partial charge in [0.1, 0.15) is 23.6 Å². The molecule has 1 aromatic carbocycles. The van der Waals surface area contributed by atoms with Crippen molar-refractivity contribution in [1.29, 1.82) is 0 Å². The molecule has 0 radical (unpaired) electrons. The van der Waals surface area contributed by atoms with Crippen LogP contribution in [0.15, 0.2) is 24.4 Å².